The van der Waals surface area contributed by atoms with Crippen molar-refractivity contribution in [3.63, 3.8) is 0 Å². The first-order valence-electron chi connectivity index (χ1n) is 6.53. The highest BCUT2D eigenvalue weighted by Crippen LogP contribution is 2.32. The molecule has 5 heteroatoms. The number of nitrogens with zero attached hydrogens (tertiary/aromatic N) is 2. The molecule has 1 aromatic carbocycles. The van der Waals surface area contributed by atoms with Crippen molar-refractivity contribution in [3.8, 4) is 0 Å². The Kier molecular flexibility index (Phi) is 3.96. The Morgan fingerprint density at radius 3 is 2.80 bits per heavy atom. The van der Waals surface area contributed by atoms with Gasteiger partial charge in [-0.3, -0.25) is 0 Å². The monoisotopic (exact) mass is 351 g/mol. The molecule has 2 N–H and O–H groups in total. The molecule has 3 nitrogen and oxygen atoms in total. The molecule has 0 fully saturated rings. The van der Waals surface area contributed by atoms with E-state index in [9.17, 15) is 0 Å². The van der Waals surface area contributed by atoms with Crippen LogP contribution in [0.2, 0.25) is 5.02 Å². The molecule has 1 unspecified atom stereocenters. The van der Waals surface area contributed by atoms with Gasteiger partial charge in [0.1, 0.15) is 5.82 Å². The lowest BCUT2D eigenvalue weighted by Gasteiger charge is -2.37. The van der Waals surface area contributed by atoms with E-state index in [1.165, 1.54) is 11.1 Å². The standard InChI is InChI=1S/C15H15BrClN3/c16-12-6-14(17)15(19-8-12)20-9-11-4-2-1-3-10(11)5-13(20)7-18/h1-4,6,8,13H,5,7,9,18H2. The van der Waals surface area contributed by atoms with Gasteiger partial charge in [-0.25, -0.2) is 4.98 Å². The van der Waals surface area contributed by atoms with E-state index in [1.807, 2.05) is 6.07 Å². The molecule has 0 amide bonds. The summed E-state index contributed by atoms with van der Waals surface area (Å²) >= 11 is 9.73. The Morgan fingerprint density at radius 2 is 2.10 bits per heavy atom. The number of halogens is 2. The fourth-order valence-electron chi connectivity index (χ4n) is 2.66. The normalized spacial score (nSPS) is 17.9. The summed E-state index contributed by atoms with van der Waals surface area (Å²) in [6.07, 6.45) is 2.70. The van der Waals surface area contributed by atoms with Gasteiger partial charge in [0.05, 0.1) is 5.02 Å². The van der Waals surface area contributed by atoms with Crippen LogP contribution in [-0.4, -0.2) is 17.6 Å². The lowest BCUT2D eigenvalue weighted by atomic mass is 9.94. The number of hydrogen-bond acceptors (Lipinski definition) is 3. The molecule has 0 saturated carbocycles. The Labute approximate surface area is 131 Å². The van der Waals surface area contributed by atoms with Gasteiger partial charge in [0.25, 0.3) is 0 Å². The fraction of sp³-hybridized carbons (Fsp3) is 0.267. The van der Waals surface area contributed by atoms with Crippen LogP contribution in [0.15, 0.2) is 41.0 Å². The Balaban J connectivity index is 2.00. The third kappa shape index (κ3) is 2.55. The Bertz CT molecular complexity index is 632. The van der Waals surface area contributed by atoms with Gasteiger partial charge < -0.3 is 10.6 Å². The molecule has 3 rings (SSSR count). The number of rotatable bonds is 2. The highest BCUT2D eigenvalue weighted by Gasteiger charge is 2.27. The predicted octanol–water partition coefficient (Wildman–Crippen LogP) is 3.39. The van der Waals surface area contributed by atoms with Crippen molar-refractivity contribution in [2.24, 2.45) is 5.73 Å². The van der Waals surface area contributed by atoms with Crippen molar-refractivity contribution < 1.29 is 0 Å². The zero-order valence-corrected chi connectivity index (χ0v) is 13.2. The maximum atomic E-state index is 6.34. The molecule has 104 valence electrons. The molecule has 1 aliphatic rings. The van der Waals surface area contributed by atoms with E-state index in [2.05, 4.69) is 50.1 Å². The van der Waals surface area contributed by atoms with Crippen molar-refractivity contribution in [2.75, 3.05) is 11.4 Å². The summed E-state index contributed by atoms with van der Waals surface area (Å²) in [5.74, 6) is 0.805. The van der Waals surface area contributed by atoms with E-state index in [0.29, 0.717) is 11.6 Å². The quantitative estimate of drug-likeness (QED) is 0.901. The van der Waals surface area contributed by atoms with Crippen LogP contribution in [0.1, 0.15) is 11.1 Å². The molecule has 0 aliphatic carbocycles. The van der Waals surface area contributed by atoms with Gasteiger partial charge in [0, 0.05) is 29.8 Å². The van der Waals surface area contributed by atoms with Crippen LogP contribution in [0, 0.1) is 0 Å². The number of aromatic nitrogens is 1. The summed E-state index contributed by atoms with van der Waals surface area (Å²) in [4.78, 5) is 6.67. The second-order valence-electron chi connectivity index (χ2n) is 4.95. The number of pyridine rings is 1. The number of hydrogen-bond donors (Lipinski definition) is 1. The van der Waals surface area contributed by atoms with Gasteiger partial charge in [-0.1, -0.05) is 35.9 Å². The molecule has 1 aliphatic heterocycles. The van der Waals surface area contributed by atoms with E-state index in [0.717, 1.165) is 23.3 Å². The number of fused-ring (bicyclic) bond motifs is 1. The van der Waals surface area contributed by atoms with Crippen LogP contribution in [0.5, 0.6) is 0 Å². The minimum absolute atomic E-state index is 0.232. The topological polar surface area (TPSA) is 42.1 Å². The van der Waals surface area contributed by atoms with Crippen molar-refractivity contribution in [3.05, 3.63) is 57.2 Å². The Hall–Kier alpha value is -1.10. The summed E-state index contributed by atoms with van der Waals surface area (Å²) in [6.45, 7) is 1.38. The molecular formula is C15H15BrClN3. The molecule has 0 radical (unpaired) electrons. The Morgan fingerprint density at radius 1 is 1.35 bits per heavy atom. The van der Waals surface area contributed by atoms with Crippen molar-refractivity contribution in [2.45, 2.75) is 19.0 Å². The van der Waals surface area contributed by atoms with Crippen LogP contribution < -0.4 is 10.6 Å². The van der Waals surface area contributed by atoms with Gasteiger partial charge in [0.15, 0.2) is 0 Å². The van der Waals surface area contributed by atoms with Crippen LogP contribution >= 0.6 is 27.5 Å². The molecule has 0 bridgehead atoms. The lowest BCUT2D eigenvalue weighted by Crippen LogP contribution is -2.45. The smallest absolute Gasteiger partial charge is 0.148 e. The SMILES string of the molecule is NCC1Cc2ccccc2CN1c1ncc(Br)cc1Cl. The van der Waals surface area contributed by atoms with Crippen LogP contribution in [0.3, 0.4) is 0 Å². The summed E-state index contributed by atoms with van der Waals surface area (Å²) in [6, 6.07) is 10.6. The minimum atomic E-state index is 0.232. The van der Waals surface area contributed by atoms with Crippen molar-refractivity contribution in [1.82, 2.24) is 4.98 Å². The zero-order valence-electron chi connectivity index (χ0n) is 10.9. The number of benzene rings is 1. The second kappa shape index (κ2) is 5.72. The third-order valence-corrected chi connectivity index (χ3v) is 4.40. The van der Waals surface area contributed by atoms with Crippen molar-refractivity contribution in [1.29, 1.82) is 0 Å². The summed E-state index contributed by atoms with van der Waals surface area (Å²) in [7, 11) is 0. The van der Waals surface area contributed by atoms with Gasteiger partial charge in [-0.2, -0.15) is 0 Å². The highest BCUT2D eigenvalue weighted by molar-refractivity contribution is 9.10. The first-order valence-corrected chi connectivity index (χ1v) is 7.70. The number of nitrogens with two attached hydrogens (primary N) is 1. The molecule has 20 heavy (non-hydrogen) atoms. The van der Waals surface area contributed by atoms with Crippen LogP contribution in [0.25, 0.3) is 0 Å². The highest BCUT2D eigenvalue weighted by atomic mass is 79.9. The summed E-state index contributed by atoms with van der Waals surface area (Å²) in [5.41, 5.74) is 8.63. The number of anilines is 1. The summed E-state index contributed by atoms with van der Waals surface area (Å²) < 4.78 is 0.882. The third-order valence-electron chi connectivity index (χ3n) is 3.69. The average molecular weight is 353 g/mol. The summed E-state index contributed by atoms with van der Waals surface area (Å²) in [5, 5.41) is 0.650. The van der Waals surface area contributed by atoms with E-state index in [4.69, 9.17) is 17.3 Å². The zero-order chi connectivity index (χ0) is 14.1. The molecule has 0 saturated heterocycles. The molecule has 2 aromatic rings. The average Bonchev–Trinajstić information content (AvgIpc) is 2.46. The molecular weight excluding hydrogens is 338 g/mol. The first-order chi connectivity index (χ1) is 9.69. The molecule has 2 heterocycles. The van der Waals surface area contributed by atoms with E-state index in [1.54, 1.807) is 6.20 Å². The maximum Gasteiger partial charge on any atom is 0.148 e. The van der Waals surface area contributed by atoms with Crippen molar-refractivity contribution >= 4 is 33.3 Å². The van der Waals surface area contributed by atoms with Gasteiger partial charge in [0.2, 0.25) is 0 Å². The van der Waals surface area contributed by atoms with Crippen LogP contribution in [0.4, 0.5) is 5.82 Å². The second-order valence-corrected chi connectivity index (χ2v) is 6.27. The van der Waals surface area contributed by atoms with Crippen LogP contribution in [-0.2, 0) is 13.0 Å². The van der Waals surface area contributed by atoms with E-state index >= 15 is 0 Å². The van der Waals surface area contributed by atoms with Gasteiger partial charge >= 0.3 is 0 Å². The van der Waals surface area contributed by atoms with E-state index < -0.39 is 0 Å². The maximum absolute atomic E-state index is 6.34. The minimum Gasteiger partial charge on any atom is -0.346 e. The van der Waals surface area contributed by atoms with Gasteiger partial charge in [-0.05, 0) is 39.5 Å². The van der Waals surface area contributed by atoms with E-state index in [-0.39, 0.29) is 6.04 Å². The predicted molar refractivity (Wildman–Crippen MR) is 86.1 cm³/mol. The molecule has 1 aromatic heterocycles. The molecule has 1 atom stereocenters. The largest absolute Gasteiger partial charge is 0.346 e. The fourth-order valence-corrected chi connectivity index (χ4v) is 3.40. The lowest BCUT2D eigenvalue weighted by molar-refractivity contribution is 0.556. The van der Waals surface area contributed by atoms with Gasteiger partial charge in [-0.15, -0.1) is 0 Å². The molecule has 0 spiro atoms. The first kappa shape index (κ1) is 13.9.